The van der Waals surface area contributed by atoms with E-state index in [1.165, 1.54) is 12.1 Å². The molecule has 1 amide bonds. The highest BCUT2D eigenvalue weighted by Gasteiger charge is 2.14. The first-order chi connectivity index (χ1) is 9.13. The highest BCUT2D eigenvalue weighted by atomic mass is 19.1. The Morgan fingerprint density at radius 2 is 2.16 bits per heavy atom. The van der Waals surface area contributed by atoms with Crippen molar-refractivity contribution >= 4 is 16.8 Å². The molecule has 0 saturated heterocycles. The van der Waals surface area contributed by atoms with E-state index >= 15 is 0 Å². The van der Waals surface area contributed by atoms with Crippen molar-refractivity contribution in [1.29, 1.82) is 0 Å². The summed E-state index contributed by atoms with van der Waals surface area (Å²) in [4.78, 5) is 15.0. The summed E-state index contributed by atoms with van der Waals surface area (Å²) in [5.41, 5.74) is 2.05. The number of halogens is 1. The molecule has 0 saturated carbocycles. The number of hydrogen-bond acceptors (Lipinski definition) is 1. The van der Waals surface area contributed by atoms with E-state index in [-0.39, 0.29) is 11.7 Å². The Kier molecular flexibility index (Phi) is 4.20. The maximum Gasteiger partial charge on any atom is 0.268 e. The second kappa shape index (κ2) is 5.87. The fourth-order valence-electron chi connectivity index (χ4n) is 2.20. The third-order valence-electron chi connectivity index (χ3n) is 3.31. The number of aryl methyl sites for hydroxylation is 1. The number of aromatic amines is 1. The topological polar surface area (TPSA) is 44.9 Å². The smallest absolute Gasteiger partial charge is 0.268 e. The summed E-state index contributed by atoms with van der Waals surface area (Å²) in [5.74, 6) is -0.422. The first kappa shape index (κ1) is 13.6. The van der Waals surface area contributed by atoms with Crippen molar-refractivity contribution in [2.75, 3.05) is 6.54 Å². The van der Waals surface area contributed by atoms with Crippen LogP contribution < -0.4 is 5.32 Å². The lowest BCUT2D eigenvalue weighted by atomic mass is 10.1. The highest BCUT2D eigenvalue weighted by molar-refractivity contribution is 6.00. The zero-order chi connectivity index (χ0) is 13.8. The summed E-state index contributed by atoms with van der Waals surface area (Å²) in [5, 5.41) is 3.78. The van der Waals surface area contributed by atoms with E-state index in [4.69, 9.17) is 0 Å². The quantitative estimate of drug-likeness (QED) is 0.795. The summed E-state index contributed by atoms with van der Waals surface area (Å²) < 4.78 is 13.1. The Morgan fingerprint density at radius 1 is 1.37 bits per heavy atom. The summed E-state index contributed by atoms with van der Waals surface area (Å²) in [7, 11) is 0. The minimum Gasteiger partial charge on any atom is -0.351 e. The van der Waals surface area contributed by atoms with E-state index in [0.29, 0.717) is 17.8 Å². The lowest BCUT2D eigenvalue weighted by molar-refractivity contribution is 0.0948. The molecule has 0 aliphatic rings. The van der Waals surface area contributed by atoms with Gasteiger partial charge in [0.2, 0.25) is 0 Å². The number of unbranched alkanes of at least 4 members (excludes halogenated alkanes) is 2. The predicted octanol–water partition coefficient (Wildman–Crippen LogP) is 3.54. The maximum atomic E-state index is 13.1. The van der Waals surface area contributed by atoms with Crippen LogP contribution in [0.15, 0.2) is 18.2 Å². The van der Waals surface area contributed by atoms with Gasteiger partial charge in [-0.2, -0.15) is 0 Å². The summed E-state index contributed by atoms with van der Waals surface area (Å²) in [6, 6.07) is 4.52. The van der Waals surface area contributed by atoms with Crippen molar-refractivity contribution < 1.29 is 9.18 Å². The molecule has 0 bridgehead atoms. The van der Waals surface area contributed by atoms with Gasteiger partial charge < -0.3 is 10.3 Å². The minimum atomic E-state index is -0.302. The Bertz CT molecular complexity index is 589. The average Bonchev–Trinajstić information content (AvgIpc) is 2.71. The molecule has 0 fully saturated rings. The monoisotopic (exact) mass is 262 g/mol. The molecule has 0 radical (unpaired) electrons. The van der Waals surface area contributed by atoms with Gasteiger partial charge in [0.15, 0.2) is 0 Å². The van der Waals surface area contributed by atoms with Crippen LogP contribution in [0.25, 0.3) is 10.9 Å². The predicted molar refractivity (Wildman–Crippen MR) is 74.9 cm³/mol. The minimum absolute atomic E-state index is 0.120. The van der Waals surface area contributed by atoms with Crippen LogP contribution in [-0.2, 0) is 0 Å². The average molecular weight is 262 g/mol. The van der Waals surface area contributed by atoms with Gasteiger partial charge in [-0.1, -0.05) is 19.8 Å². The van der Waals surface area contributed by atoms with Gasteiger partial charge >= 0.3 is 0 Å². The number of carbonyl (C=O) groups is 1. The number of nitrogens with one attached hydrogen (secondary N) is 2. The summed E-state index contributed by atoms with van der Waals surface area (Å²) in [6.45, 7) is 4.67. The van der Waals surface area contributed by atoms with Gasteiger partial charge in [-0.25, -0.2) is 4.39 Å². The van der Waals surface area contributed by atoms with Gasteiger partial charge in [-0.3, -0.25) is 4.79 Å². The number of aromatic nitrogens is 1. The van der Waals surface area contributed by atoms with Gasteiger partial charge in [0.25, 0.3) is 5.91 Å². The number of rotatable bonds is 5. The van der Waals surface area contributed by atoms with Gasteiger partial charge in [0.05, 0.1) is 0 Å². The van der Waals surface area contributed by atoms with Crippen molar-refractivity contribution in [2.24, 2.45) is 0 Å². The van der Waals surface area contributed by atoms with Crippen molar-refractivity contribution in [3.63, 3.8) is 0 Å². The molecule has 0 atom stereocenters. The second-order valence-corrected chi connectivity index (χ2v) is 4.78. The maximum absolute atomic E-state index is 13.1. The van der Waals surface area contributed by atoms with E-state index in [2.05, 4.69) is 17.2 Å². The van der Waals surface area contributed by atoms with E-state index in [0.717, 1.165) is 30.2 Å². The molecular formula is C15H19FN2O. The van der Waals surface area contributed by atoms with Crippen LogP contribution in [0.3, 0.4) is 0 Å². The fraction of sp³-hybridized carbons (Fsp3) is 0.400. The SMILES string of the molecule is CCCCCNC(=O)c1[nH]c2cc(F)ccc2c1C. The third kappa shape index (κ3) is 2.95. The molecule has 0 unspecified atom stereocenters. The number of hydrogen-bond donors (Lipinski definition) is 2. The highest BCUT2D eigenvalue weighted by Crippen LogP contribution is 2.22. The van der Waals surface area contributed by atoms with Gasteiger partial charge in [0, 0.05) is 17.4 Å². The van der Waals surface area contributed by atoms with E-state index in [1.54, 1.807) is 6.07 Å². The van der Waals surface area contributed by atoms with E-state index < -0.39 is 0 Å². The van der Waals surface area contributed by atoms with Crippen LogP contribution in [0.4, 0.5) is 4.39 Å². The molecule has 4 heteroatoms. The van der Waals surface area contributed by atoms with E-state index in [1.807, 2.05) is 6.92 Å². The van der Waals surface area contributed by atoms with Gasteiger partial charge in [-0.05, 0) is 37.1 Å². The normalized spacial score (nSPS) is 10.9. The van der Waals surface area contributed by atoms with Crippen LogP contribution in [0.2, 0.25) is 0 Å². The summed E-state index contributed by atoms with van der Waals surface area (Å²) >= 11 is 0. The number of amides is 1. The first-order valence-corrected chi connectivity index (χ1v) is 6.69. The van der Waals surface area contributed by atoms with Crippen LogP contribution in [0.5, 0.6) is 0 Å². The zero-order valence-corrected chi connectivity index (χ0v) is 11.3. The Labute approximate surface area is 112 Å². The molecule has 1 aromatic heterocycles. The molecule has 102 valence electrons. The molecule has 1 heterocycles. The first-order valence-electron chi connectivity index (χ1n) is 6.69. The molecule has 2 N–H and O–H groups in total. The number of fused-ring (bicyclic) bond motifs is 1. The van der Waals surface area contributed by atoms with Crippen LogP contribution in [0, 0.1) is 12.7 Å². The van der Waals surface area contributed by atoms with Crippen LogP contribution in [-0.4, -0.2) is 17.4 Å². The van der Waals surface area contributed by atoms with Gasteiger partial charge in [0.1, 0.15) is 11.5 Å². The molecule has 2 rings (SSSR count). The molecule has 19 heavy (non-hydrogen) atoms. The largest absolute Gasteiger partial charge is 0.351 e. The molecule has 2 aromatic rings. The van der Waals surface area contributed by atoms with Crippen molar-refractivity contribution in [2.45, 2.75) is 33.1 Å². The number of carbonyl (C=O) groups excluding carboxylic acids is 1. The lowest BCUT2D eigenvalue weighted by Crippen LogP contribution is -2.25. The van der Waals surface area contributed by atoms with Crippen LogP contribution in [0.1, 0.15) is 42.2 Å². The molecular weight excluding hydrogens is 243 g/mol. The zero-order valence-electron chi connectivity index (χ0n) is 11.3. The van der Waals surface area contributed by atoms with Crippen LogP contribution >= 0.6 is 0 Å². The Balaban J connectivity index is 2.15. The molecule has 0 spiro atoms. The Morgan fingerprint density at radius 3 is 2.89 bits per heavy atom. The van der Waals surface area contributed by atoms with Crippen molar-refractivity contribution in [3.05, 3.63) is 35.3 Å². The molecule has 3 nitrogen and oxygen atoms in total. The van der Waals surface area contributed by atoms with Crippen molar-refractivity contribution in [1.82, 2.24) is 10.3 Å². The van der Waals surface area contributed by atoms with Gasteiger partial charge in [-0.15, -0.1) is 0 Å². The second-order valence-electron chi connectivity index (χ2n) is 4.78. The standard InChI is InChI=1S/C15H19FN2O/c1-3-4-5-8-17-15(19)14-10(2)12-7-6-11(16)9-13(12)18-14/h6-7,9,18H,3-5,8H2,1-2H3,(H,17,19). The van der Waals surface area contributed by atoms with Crippen molar-refractivity contribution in [3.8, 4) is 0 Å². The fourth-order valence-corrected chi connectivity index (χ4v) is 2.20. The molecule has 0 aliphatic heterocycles. The number of benzene rings is 1. The lowest BCUT2D eigenvalue weighted by Gasteiger charge is -2.03. The summed E-state index contributed by atoms with van der Waals surface area (Å²) in [6.07, 6.45) is 3.22. The van der Waals surface area contributed by atoms with E-state index in [9.17, 15) is 9.18 Å². The third-order valence-corrected chi connectivity index (χ3v) is 3.31. The number of H-pyrrole nitrogens is 1. The molecule has 1 aromatic carbocycles. The molecule has 0 aliphatic carbocycles. The Hall–Kier alpha value is -1.84.